The average Bonchev–Trinajstić information content (AvgIpc) is 2.50. The molecule has 0 saturated heterocycles. The summed E-state index contributed by atoms with van der Waals surface area (Å²) >= 11 is 4.49. The van der Waals surface area contributed by atoms with Crippen molar-refractivity contribution in [1.29, 1.82) is 0 Å². The number of amides is 1. The van der Waals surface area contributed by atoms with Gasteiger partial charge in [-0.15, -0.1) is 0 Å². The van der Waals surface area contributed by atoms with Crippen molar-refractivity contribution in [2.24, 2.45) is 5.10 Å². The summed E-state index contributed by atoms with van der Waals surface area (Å²) < 4.78 is 7.84. The fourth-order valence-corrected chi connectivity index (χ4v) is 4.09. The van der Waals surface area contributed by atoms with Crippen LogP contribution in [0.15, 0.2) is 41.5 Å². The van der Waals surface area contributed by atoms with E-state index in [1.165, 1.54) is 0 Å². The van der Waals surface area contributed by atoms with E-state index in [4.69, 9.17) is 4.74 Å². The summed E-state index contributed by atoms with van der Waals surface area (Å²) in [6.07, 6.45) is 1.76. The predicted octanol–water partition coefficient (Wildman–Crippen LogP) is 4.76. The summed E-state index contributed by atoms with van der Waals surface area (Å²) in [6.45, 7) is 5.95. The zero-order valence-electron chi connectivity index (χ0n) is 13.6. The maximum absolute atomic E-state index is 12.0. The van der Waals surface area contributed by atoms with Crippen molar-refractivity contribution >= 4 is 57.3 Å². The standard InChI is InChI=1S/C18H18I2N2O2/c1-11(2)24-17-15(19)8-13(9-16(17)20)10-21-22-18(23)14-6-4-5-12(3)7-14/h4-11H,1-3H3,(H,22,23). The Hall–Kier alpha value is -1.16. The summed E-state index contributed by atoms with van der Waals surface area (Å²) in [5.74, 6) is 0.659. The summed E-state index contributed by atoms with van der Waals surface area (Å²) in [5.41, 5.74) is 5.09. The van der Waals surface area contributed by atoms with Gasteiger partial charge in [0.2, 0.25) is 0 Å². The molecule has 0 bridgehead atoms. The third kappa shape index (κ3) is 5.44. The minimum absolute atomic E-state index is 0.125. The highest BCUT2D eigenvalue weighted by molar-refractivity contribution is 14.1. The van der Waals surface area contributed by atoms with Crippen LogP contribution in [0.3, 0.4) is 0 Å². The van der Waals surface area contributed by atoms with Crippen molar-refractivity contribution in [3.63, 3.8) is 0 Å². The van der Waals surface area contributed by atoms with Gasteiger partial charge in [0.15, 0.2) is 0 Å². The number of rotatable bonds is 5. The first-order chi connectivity index (χ1) is 11.4. The van der Waals surface area contributed by atoms with Gasteiger partial charge in [-0.3, -0.25) is 4.79 Å². The van der Waals surface area contributed by atoms with Gasteiger partial charge in [-0.25, -0.2) is 5.43 Å². The smallest absolute Gasteiger partial charge is 0.271 e. The molecule has 0 saturated carbocycles. The number of aryl methyl sites for hydroxylation is 1. The van der Waals surface area contributed by atoms with Gasteiger partial charge in [0, 0.05) is 5.56 Å². The topological polar surface area (TPSA) is 50.7 Å². The molecule has 0 aromatic heterocycles. The number of hydrogen-bond donors (Lipinski definition) is 1. The largest absolute Gasteiger partial charge is 0.489 e. The fourth-order valence-electron chi connectivity index (χ4n) is 2.02. The third-order valence-corrected chi connectivity index (χ3v) is 4.64. The lowest BCUT2D eigenvalue weighted by molar-refractivity contribution is 0.0955. The molecule has 0 aliphatic carbocycles. The van der Waals surface area contributed by atoms with E-state index in [0.29, 0.717) is 5.56 Å². The number of halogens is 2. The van der Waals surface area contributed by atoms with E-state index in [1.54, 1.807) is 12.3 Å². The van der Waals surface area contributed by atoms with Gasteiger partial charge in [-0.05, 0) is 95.8 Å². The van der Waals surface area contributed by atoms with Crippen molar-refractivity contribution in [3.05, 3.63) is 60.2 Å². The summed E-state index contributed by atoms with van der Waals surface area (Å²) in [4.78, 5) is 12.0. The fraction of sp³-hybridized carbons (Fsp3) is 0.222. The first kappa shape index (κ1) is 19.2. The average molecular weight is 548 g/mol. The molecule has 1 amide bonds. The number of nitrogens with one attached hydrogen (secondary N) is 1. The van der Waals surface area contributed by atoms with Crippen LogP contribution in [-0.2, 0) is 0 Å². The van der Waals surface area contributed by atoms with E-state index >= 15 is 0 Å². The summed E-state index contributed by atoms with van der Waals surface area (Å²) in [7, 11) is 0. The van der Waals surface area contributed by atoms with E-state index in [2.05, 4.69) is 55.7 Å². The summed E-state index contributed by atoms with van der Waals surface area (Å²) in [6, 6.07) is 11.3. The highest BCUT2D eigenvalue weighted by Gasteiger charge is 2.10. The molecule has 0 heterocycles. The van der Waals surface area contributed by atoms with Crippen LogP contribution in [0, 0.1) is 14.1 Å². The molecule has 1 N–H and O–H groups in total. The van der Waals surface area contributed by atoms with Gasteiger partial charge in [-0.2, -0.15) is 5.10 Å². The number of hydrazone groups is 1. The second kappa shape index (κ2) is 8.80. The molecule has 2 aromatic carbocycles. The third-order valence-electron chi connectivity index (χ3n) is 3.03. The molecule has 24 heavy (non-hydrogen) atoms. The zero-order valence-corrected chi connectivity index (χ0v) is 18.0. The monoisotopic (exact) mass is 548 g/mol. The van der Waals surface area contributed by atoms with E-state index in [1.807, 2.05) is 51.1 Å². The van der Waals surface area contributed by atoms with Gasteiger partial charge in [0.1, 0.15) is 5.75 Å². The molecular weight excluding hydrogens is 530 g/mol. The molecular formula is C18H18I2N2O2. The molecule has 2 rings (SSSR count). The Kier molecular flexibility index (Phi) is 7.02. The van der Waals surface area contributed by atoms with Crippen LogP contribution in [0.1, 0.15) is 35.3 Å². The summed E-state index contributed by atoms with van der Waals surface area (Å²) in [5, 5.41) is 4.05. The minimum atomic E-state index is -0.223. The van der Waals surface area contributed by atoms with Gasteiger partial charge < -0.3 is 4.74 Å². The van der Waals surface area contributed by atoms with Crippen LogP contribution in [-0.4, -0.2) is 18.2 Å². The molecule has 0 aliphatic heterocycles. The number of carbonyl (C=O) groups excluding carboxylic acids is 1. The van der Waals surface area contributed by atoms with E-state index in [0.717, 1.165) is 24.0 Å². The first-order valence-electron chi connectivity index (χ1n) is 7.42. The molecule has 0 aliphatic rings. The number of ether oxygens (including phenoxy) is 1. The Labute approximate surface area is 169 Å². The van der Waals surface area contributed by atoms with Gasteiger partial charge >= 0.3 is 0 Å². The van der Waals surface area contributed by atoms with Crippen LogP contribution >= 0.6 is 45.2 Å². The van der Waals surface area contributed by atoms with Crippen molar-refractivity contribution in [1.82, 2.24) is 5.43 Å². The predicted molar refractivity (Wildman–Crippen MR) is 114 cm³/mol. The molecule has 0 unspecified atom stereocenters. The lowest BCUT2D eigenvalue weighted by atomic mass is 10.1. The maximum Gasteiger partial charge on any atom is 0.271 e. The molecule has 2 aromatic rings. The lowest BCUT2D eigenvalue weighted by Gasteiger charge is -2.14. The van der Waals surface area contributed by atoms with Crippen molar-refractivity contribution < 1.29 is 9.53 Å². The van der Waals surface area contributed by atoms with Crippen LogP contribution in [0.4, 0.5) is 0 Å². The molecule has 0 radical (unpaired) electrons. The van der Waals surface area contributed by atoms with Crippen LogP contribution in [0.25, 0.3) is 0 Å². The first-order valence-corrected chi connectivity index (χ1v) is 9.58. The number of nitrogens with zero attached hydrogens (tertiary/aromatic N) is 1. The number of hydrogen-bond acceptors (Lipinski definition) is 3. The quantitative estimate of drug-likeness (QED) is 0.333. The second-order valence-electron chi connectivity index (χ2n) is 5.55. The van der Waals surface area contributed by atoms with Crippen LogP contribution in [0.2, 0.25) is 0 Å². The number of carbonyl (C=O) groups is 1. The second-order valence-corrected chi connectivity index (χ2v) is 7.87. The molecule has 126 valence electrons. The van der Waals surface area contributed by atoms with Crippen LogP contribution < -0.4 is 10.2 Å². The Balaban J connectivity index is 2.08. The molecule has 6 heteroatoms. The van der Waals surface area contributed by atoms with E-state index < -0.39 is 0 Å². The van der Waals surface area contributed by atoms with E-state index in [9.17, 15) is 4.79 Å². The Morgan fingerprint density at radius 1 is 1.21 bits per heavy atom. The highest BCUT2D eigenvalue weighted by atomic mass is 127. The van der Waals surface area contributed by atoms with Crippen molar-refractivity contribution in [2.75, 3.05) is 0 Å². The zero-order chi connectivity index (χ0) is 17.7. The van der Waals surface area contributed by atoms with Crippen LogP contribution in [0.5, 0.6) is 5.75 Å². The van der Waals surface area contributed by atoms with Crippen molar-refractivity contribution in [2.45, 2.75) is 26.9 Å². The molecule has 0 atom stereocenters. The van der Waals surface area contributed by atoms with Gasteiger partial charge in [-0.1, -0.05) is 17.7 Å². The van der Waals surface area contributed by atoms with E-state index in [-0.39, 0.29) is 12.0 Å². The van der Waals surface area contributed by atoms with Gasteiger partial charge in [0.25, 0.3) is 5.91 Å². The van der Waals surface area contributed by atoms with Crippen molar-refractivity contribution in [3.8, 4) is 5.75 Å². The maximum atomic E-state index is 12.0. The normalized spacial score (nSPS) is 11.1. The highest BCUT2D eigenvalue weighted by Crippen LogP contribution is 2.29. The van der Waals surface area contributed by atoms with Gasteiger partial charge in [0.05, 0.1) is 19.5 Å². The Morgan fingerprint density at radius 3 is 2.46 bits per heavy atom. The number of benzene rings is 2. The Bertz CT molecular complexity index is 750. The molecule has 0 fully saturated rings. The minimum Gasteiger partial charge on any atom is -0.489 e. The SMILES string of the molecule is Cc1cccc(C(=O)NN=Cc2cc(I)c(OC(C)C)c(I)c2)c1. The molecule has 4 nitrogen and oxygen atoms in total. The lowest BCUT2D eigenvalue weighted by Crippen LogP contribution is -2.17. The Morgan fingerprint density at radius 2 is 1.88 bits per heavy atom. The molecule has 0 spiro atoms.